The molecule has 0 saturated heterocycles. The van der Waals surface area contributed by atoms with Crippen molar-refractivity contribution in [2.45, 2.75) is 24.4 Å². The lowest BCUT2D eigenvalue weighted by Gasteiger charge is -2.09. The summed E-state index contributed by atoms with van der Waals surface area (Å²) < 4.78 is 62.6. The number of sulfonamides is 1. The molecule has 0 atom stereocenters. The third-order valence-electron chi connectivity index (χ3n) is 2.48. The van der Waals surface area contributed by atoms with E-state index < -0.39 is 22.6 Å². The third-order valence-corrected chi connectivity index (χ3v) is 3.96. The molecule has 1 aromatic rings. The summed E-state index contributed by atoms with van der Waals surface area (Å²) in [7, 11) is -3.67. The van der Waals surface area contributed by atoms with E-state index in [1.807, 2.05) is 6.92 Å². The first kappa shape index (κ1) is 16.9. The molecular formula is C12H17F3N2O2S. The van der Waals surface area contributed by atoms with Crippen molar-refractivity contribution in [3.05, 3.63) is 29.8 Å². The van der Waals surface area contributed by atoms with Gasteiger partial charge in [0.1, 0.15) is 0 Å². The van der Waals surface area contributed by atoms with Crippen LogP contribution in [0.3, 0.4) is 0 Å². The Morgan fingerprint density at radius 3 is 2.20 bits per heavy atom. The lowest BCUT2D eigenvalue weighted by Crippen LogP contribution is -2.31. The maximum Gasteiger partial charge on any atom is 0.393 e. The Morgan fingerprint density at radius 1 is 1.10 bits per heavy atom. The Labute approximate surface area is 116 Å². The summed E-state index contributed by atoms with van der Waals surface area (Å²) in [6.07, 6.45) is -5.37. The van der Waals surface area contributed by atoms with Crippen molar-refractivity contribution >= 4 is 10.0 Å². The Morgan fingerprint density at radius 2 is 1.70 bits per heavy atom. The van der Waals surface area contributed by atoms with E-state index >= 15 is 0 Å². The van der Waals surface area contributed by atoms with Crippen molar-refractivity contribution in [2.24, 2.45) is 0 Å². The molecular weight excluding hydrogens is 293 g/mol. The molecule has 0 saturated carbocycles. The second kappa shape index (κ2) is 7.05. The highest BCUT2D eigenvalue weighted by Gasteiger charge is 2.27. The summed E-state index contributed by atoms with van der Waals surface area (Å²) in [6, 6.07) is 4.70. The minimum Gasteiger partial charge on any atom is -0.316 e. The normalized spacial score (nSPS) is 12.6. The zero-order chi connectivity index (χ0) is 15.2. The fourth-order valence-corrected chi connectivity index (χ4v) is 2.58. The molecule has 1 aromatic carbocycles. The van der Waals surface area contributed by atoms with Gasteiger partial charge in [-0.15, -0.1) is 0 Å². The number of nitrogens with one attached hydrogen (secondary N) is 2. The maximum absolute atomic E-state index is 12.2. The fraction of sp³-hybridized carbons (Fsp3) is 0.500. The Bertz CT molecular complexity index is 512. The minimum atomic E-state index is -4.30. The molecule has 0 spiro atoms. The lowest BCUT2D eigenvalue weighted by atomic mass is 10.1. The van der Waals surface area contributed by atoms with Crippen molar-refractivity contribution in [2.75, 3.05) is 19.6 Å². The molecule has 8 heteroatoms. The molecule has 0 heterocycles. The van der Waals surface area contributed by atoms with Gasteiger partial charge in [0, 0.05) is 13.1 Å². The van der Waals surface area contributed by atoms with Crippen molar-refractivity contribution in [3.8, 4) is 0 Å². The van der Waals surface area contributed by atoms with Crippen LogP contribution in [0.15, 0.2) is 29.2 Å². The maximum atomic E-state index is 12.2. The van der Waals surface area contributed by atoms with Crippen LogP contribution in [0, 0.1) is 0 Å². The van der Waals surface area contributed by atoms with E-state index in [-0.39, 0.29) is 17.0 Å². The predicted octanol–water partition coefficient (Wildman–Crippen LogP) is 1.68. The third kappa shape index (κ3) is 5.89. The van der Waals surface area contributed by atoms with E-state index in [2.05, 4.69) is 10.0 Å². The highest BCUT2D eigenvalue weighted by Crippen LogP contribution is 2.22. The molecule has 20 heavy (non-hydrogen) atoms. The summed E-state index contributed by atoms with van der Waals surface area (Å²) >= 11 is 0. The molecule has 0 fully saturated rings. The van der Waals surface area contributed by atoms with Crippen molar-refractivity contribution in [1.82, 2.24) is 10.0 Å². The second-order valence-electron chi connectivity index (χ2n) is 4.19. The number of halogens is 3. The first-order chi connectivity index (χ1) is 9.24. The standard InChI is InChI=1S/C12H17F3N2O2S/c1-2-16-7-8-17-20(18,19)11-5-3-10(4-6-11)9-12(13,14)15/h3-6,16-17H,2,7-9H2,1H3. The van der Waals surface area contributed by atoms with Gasteiger partial charge in [-0.1, -0.05) is 19.1 Å². The van der Waals surface area contributed by atoms with Crippen LogP contribution in [0.25, 0.3) is 0 Å². The van der Waals surface area contributed by atoms with Gasteiger partial charge in [-0.05, 0) is 24.2 Å². The number of hydrogen-bond acceptors (Lipinski definition) is 3. The first-order valence-corrected chi connectivity index (χ1v) is 7.59. The van der Waals surface area contributed by atoms with Gasteiger partial charge in [0.2, 0.25) is 10.0 Å². The average molecular weight is 310 g/mol. The number of alkyl halides is 3. The molecule has 0 radical (unpaired) electrons. The molecule has 4 nitrogen and oxygen atoms in total. The molecule has 0 amide bonds. The van der Waals surface area contributed by atoms with Crippen LogP contribution in [-0.2, 0) is 16.4 Å². The Balaban J connectivity index is 2.67. The molecule has 0 aromatic heterocycles. The van der Waals surface area contributed by atoms with Gasteiger partial charge < -0.3 is 5.32 Å². The van der Waals surface area contributed by atoms with Gasteiger partial charge in [-0.25, -0.2) is 13.1 Å². The lowest BCUT2D eigenvalue weighted by molar-refractivity contribution is -0.127. The minimum absolute atomic E-state index is 0.0316. The van der Waals surface area contributed by atoms with Crippen LogP contribution >= 0.6 is 0 Å². The summed E-state index contributed by atoms with van der Waals surface area (Å²) in [4.78, 5) is -0.0417. The van der Waals surface area contributed by atoms with Crippen LogP contribution < -0.4 is 10.0 Å². The summed E-state index contributed by atoms with van der Waals surface area (Å²) in [5, 5.41) is 2.96. The molecule has 0 bridgehead atoms. The van der Waals surface area contributed by atoms with Crippen LogP contribution in [0.5, 0.6) is 0 Å². The monoisotopic (exact) mass is 310 g/mol. The van der Waals surface area contributed by atoms with E-state index in [4.69, 9.17) is 0 Å². The number of benzene rings is 1. The van der Waals surface area contributed by atoms with Crippen LogP contribution in [-0.4, -0.2) is 34.2 Å². The predicted molar refractivity (Wildman–Crippen MR) is 69.9 cm³/mol. The molecule has 0 unspecified atom stereocenters. The molecule has 0 aliphatic carbocycles. The number of likely N-dealkylation sites (N-methyl/N-ethyl adjacent to an activating group) is 1. The van der Waals surface area contributed by atoms with Crippen LogP contribution in [0.2, 0.25) is 0 Å². The van der Waals surface area contributed by atoms with E-state index in [9.17, 15) is 21.6 Å². The smallest absolute Gasteiger partial charge is 0.316 e. The van der Waals surface area contributed by atoms with Gasteiger partial charge >= 0.3 is 6.18 Å². The molecule has 0 aliphatic heterocycles. The molecule has 1 rings (SSSR count). The second-order valence-corrected chi connectivity index (χ2v) is 5.95. The summed E-state index contributed by atoms with van der Waals surface area (Å²) in [6.45, 7) is 3.34. The van der Waals surface area contributed by atoms with Crippen LogP contribution in [0.1, 0.15) is 12.5 Å². The quantitative estimate of drug-likeness (QED) is 0.753. The van der Waals surface area contributed by atoms with E-state index in [0.29, 0.717) is 6.54 Å². The Hall–Kier alpha value is -1.12. The van der Waals surface area contributed by atoms with Gasteiger partial charge in [0.25, 0.3) is 0 Å². The van der Waals surface area contributed by atoms with Gasteiger partial charge in [0.15, 0.2) is 0 Å². The van der Waals surface area contributed by atoms with Gasteiger partial charge in [-0.2, -0.15) is 13.2 Å². The topological polar surface area (TPSA) is 58.2 Å². The van der Waals surface area contributed by atoms with Gasteiger partial charge in [0.05, 0.1) is 11.3 Å². The van der Waals surface area contributed by atoms with Crippen LogP contribution in [0.4, 0.5) is 13.2 Å². The van der Waals surface area contributed by atoms with E-state index in [1.165, 1.54) is 24.3 Å². The van der Waals surface area contributed by atoms with E-state index in [0.717, 1.165) is 6.54 Å². The van der Waals surface area contributed by atoms with Crippen molar-refractivity contribution < 1.29 is 21.6 Å². The van der Waals surface area contributed by atoms with Crippen molar-refractivity contribution in [3.63, 3.8) is 0 Å². The summed E-state index contributed by atoms with van der Waals surface area (Å²) in [5.74, 6) is 0. The first-order valence-electron chi connectivity index (χ1n) is 6.10. The van der Waals surface area contributed by atoms with E-state index in [1.54, 1.807) is 0 Å². The Kier molecular flexibility index (Phi) is 5.97. The molecule has 114 valence electrons. The van der Waals surface area contributed by atoms with Crippen molar-refractivity contribution in [1.29, 1.82) is 0 Å². The molecule has 2 N–H and O–H groups in total. The largest absolute Gasteiger partial charge is 0.393 e. The summed E-state index contributed by atoms with van der Waals surface area (Å²) in [5.41, 5.74) is 0.0316. The fourth-order valence-electron chi connectivity index (χ4n) is 1.55. The zero-order valence-electron chi connectivity index (χ0n) is 11.0. The molecule has 0 aliphatic rings. The highest BCUT2D eigenvalue weighted by atomic mass is 32.2. The highest BCUT2D eigenvalue weighted by molar-refractivity contribution is 7.89. The number of hydrogen-bond donors (Lipinski definition) is 2. The average Bonchev–Trinajstić information content (AvgIpc) is 2.33. The number of rotatable bonds is 7. The zero-order valence-corrected chi connectivity index (χ0v) is 11.8. The SMILES string of the molecule is CCNCCNS(=O)(=O)c1ccc(CC(F)(F)F)cc1. The van der Waals surface area contributed by atoms with Gasteiger partial charge in [-0.3, -0.25) is 0 Å².